The first-order chi connectivity index (χ1) is 47.9. The number of anilines is 1. The van der Waals surface area contributed by atoms with Gasteiger partial charge in [0.15, 0.2) is 0 Å². The molecule has 7 aromatic rings. The predicted octanol–water partition coefficient (Wildman–Crippen LogP) is 12.9. The fraction of sp³-hybridized carbons (Fsp3) is 0.390. The molecule has 0 bridgehead atoms. The molecule has 2 N–H and O–H groups in total. The standard InChI is InChI=1S/C77H83F7N8O8/c1-87(69(93)50-98-68-46-58-14-7-9-16-66(58)74(68)32-39-91(40-33-74)41-34-75(60-26-28-63(78)29-27-60)51-92(52-99-75)72(96)59-44-61(76(79,80)81)47-62(45-59)77(82,83)84)35-11-36-88(2)70(94)56-22-18-53(19-23-56)48-85-49-54-20-24-57(25-21-54)71(95)89(3)42-43-90-37-30-64(31-38-90)100-73(97)86-67-17-10-8-15-65(67)55-12-5-4-6-13-55/h4-10,12-29,44-45,47,64,68,85H,11,30-43,46,48-52H2,1-3H3,(H,86,97)/t68-,75-/m0/s1. The van der Waals surface area contributed by atoms with Crippen molar-refractivity contribution in [1.29, 1.82) is 0 Å². The van der Waals surface area contributed by atoms with E-state index in [0.717, 1.165) is 51.4 Å². The number of hydrogen-bond acceptors (Lipinski definition) is 11. The van der Waals surface area contributed by atoms with Crippen molar-refractivity contribution in [3.8, 4) is 11.1 Å². The predicted molar refractivity (Wildman–Crippen MR) is 364 cm³/mol. The van der Waals surface area contributed by atoms with Gasteiger partial charge in [-0.15, -0.1) is 0 Å². The third kappa shape index (κ3) is 17.6. The molecule has 3 aliphatic heterocycles. The highest BCUT2D eigenvalue weighted by molar-refractivity contribution is 5.96. The van der Waals surface area contributed by atoms with Crippen molar-refractivity contribution in [2.45, 2.75) is 93.6 Å². The van der Waals surface area contributed by atoms with Crippen LogP contribution in [0.15, 0.2) is 170 Å². The SMILES string of the molecule is CN(CCCN(C)C(=O)c1ccc(CNCc2ccc(C(=O)N(C)CCN3CCC(OC(=O)Nc4ccccc4-c4ccccc4)CC3)cc2)cc1)C(=O)CO[C@H]1Cc2ccccc2C12CCN(CC[C@@]1(c3ccc(F)cc3)CN(C(=O)c3cc(C(F)(F)F)cc(C(F)(F)F)c3)CO1)CC2. The van der Waals surface area contributed by atoms with Crippen LogP contribution < -0.4 is 10.6 Å². The van der Waals surface area contributed by atoms with Gasteiger partial charge in [-0.2, -0.15) is 26.3 Å². The summed E-state index contributed by atoms with van der Waals surface area (Å²) in [4.78, 5) is 77.9. The van der Waals surface area contributed by atoms with Crippen molar-refractivity contribution in [3.05, 3.63) is 231 Å². The summed E-state index contributed by atoms with van der Waals surface area (Å²) in [5, 5.41) is 6.38. The van der Waals surface area contributed by atoms with Gasteiger partial charge >= 0.3 is 18.4 Å². The number of hydrogen-bond donors (Lipinski definition) is 2. The van der Waals surface area contributed by atoms with E-state index in [2.05, 4.69) is 32.6 Å². The number of rotatable bonds is 24. The molecule has 3 saturated heterocycles. The molecule has 11 rings (SSSR count). The van der Waals surface area contributed by atoms with Crippen LogP contribution in [0.4, 0.5) is 41.2 Å². The molecule has 1 spiro atoms. The number of carbonyl (C=O) groups excluding carboxylic acids is 5. The average Bonchev–Trinajstić information content (AvgIpc) is 1.59. The maximum absolute atomic E-state index is 14.3. The average molecular weight is 1380 g/mol. The number of nitrogens with one attached hydrogen (secondary N) is 2. The lowest BCUT2D eigenvalue weighted by atomic mass is 9.72. The first-order valence-corrected chi connectivity index (χ1v) is 33.8. The topological polar surface area (TPSA) is 157 Å². The van der Waals surface area contributed by atoms with Crippen molar-refractivity contribution in [2.24, 2.45) is 0 Å². The number of likely N-dealkylation sites (N-methyl/N-ethyl adjacent to an activating group) is 2. The number of ether oxygens (including phenoxy) is 3. The lowest BCUT2D eigenvalue weighted by molar-refractivity contribution is -0.143. The molecule has 4 aliphatic rings. The second kappa shape index (κ2) is 31.7. The number of benzene rings is 7. The summed E-state index contributed by atoms with van der Waals surface area (Å²) in [5.74, 6) is -2.01. The molecule has 23 heteroatoms. The zero-order chi connectivity index (χ0) is 70.8. The summed E-state index contributed by atoms with van der Waals surface area (Å²) in [6.45, 7) is 5.53. The Morgan fingerprint density at radius 1 is 0.620 bits per heavy atom. The van der Waals surface area contributed by atoms with E-state index in [4.69, 9.17) is 14.2 Å². The maximum Gasteiger partial charge on any atom is 0.416 e. The number of piperidine rings is 2. The Hall–Kier alpha value is -9.00. The summed E-state index contributed by atoms with van der Waals surface area (Å²) >= 11 is 0. The first-order valence-electron chi connectivity index (χ1n) is 33.8. The molecular formula is C77H83F7N8O8. The minimum absolute atomic E-state index is 0.0290. The number of alkyl halides is 6. The number of para-hydroxylation sites is 1. The van der Waals surface area contributed by atoms with E-state index in [0.29, 0.717) is 132 Å². The Bertz CT molecular complexity index is 3950. The summed E-state index contributed by atoms with van der Waals surface area (Å²) in [6.07, 6.45) is -7.13. The molecule has 2 atom stereocenters. The number of carbonyl (C=O) groups is 5. The largest absolute Gasteiger partial charge is 0.446 e. The lowest BCUT2D eigenvalue weighted by Crippen LogP contribution is -2.50. The second-order valence-corrected chi connectivity index (χ2v) is 26.6. The van der Waals surface area contributed by atoms with Crippen LogP contribution in [0.2, 0.25) is 0 Å². The van der Waals surface area contributed by atoms with Crippen LogP contribution in [-0.4, -0.2) is 171 Å². The normalized spacial score (nSPS) is 18.0. The monoisotopic (exact) mass is 1380 g/mol. The van der Waals surface area contributed by atoms with Crippen molar-refractivity contribution >= 4 is 35.4 Å². The zero-order valence-electron chi connectivity index (χ0n) is 56.3. The minimum Gasteiger partial charge on any atom is -0.446 e. The summed E-state index contributed by atoms with van der Waals surface area (Å²) in [6, 6.07) is 46.9. The molecule has 100 heavy (non-hydrogen) atoms. The number of nitrogens with zero attached hydrogens (tertiary/aromatic N) is 6. The molecule has 3 heterocycles. The van der Waals surface area contributed by atoms with Gasteiger partial charge in [0, 0.05) is 108 Å². The molecule has 0 radical (unpaired) electrons. The Balaban J connectivity index is 0.581. The van der Waals surface area contributed by atoms with Crippen molar-refractivity contribution in [3.63, 3.8) is 0 Å². The Labute approximate surface area is 577 Å². The van der Waals surface area contributed by atoms with E-state index < -0.39 is 64.6 Å². The van der Waals surface area contributed by atoms with Crippen molar-refractivity contribution in [2.75, 3.05) is 105 Å². The molecule has 3 fully saturated rings. The van der Waals surface area contributed by atoms with Crippen LogP contribution in [0.3, 0.4) is 0 Å². The van der Waals surface area contributed by atoms with E-state index in [1.54, 1.807) is 40.9 Å². The summed E-state index contributed by atoms with van der Waals surface area (Å²) in [7, 11) is 5.26. The minimum atomic E-state index is -5.15. The summed E-state index contributed by atoms with van der Waals surface area (Å²) < 4.78 is 116. The highest BCUT2D eigenvalue weighted by atomic mass is 19.4. The Morgan fingerprint density at radius 2 is 1.19 bits per heavy atom. The van der Waals surface area contributed by atoms with E-state index in [-0.39, 0.29) is 55.6 Å². The van der Waals surface area contributed by atoms with E-state index >= 15 is 0 Å². The van der Waals surface area contributed by atoms with Crippen LogP contribution in [0.1, 0.15) is 109 Å². The number of fused-ring (bicyclic) bond motifs is 2. The molecular weight excluding hydrogens is 1300 g/mol. The highest BCUT2D eigenvalue weighted by Gasteiger charge is 2.50. The fourth-order valence-electron chi connectivity index (χ4n) is 14.1. The number of halogens is 7. The van der Waals surface area contributed by atoms with Crippen LogP contribution in [0.5, 0.6) is 0 Å². The first kappa shape index (κ1) is 72.3. The van der Waals surface area contributed by atoms with Gasteiger partial charge in [0.05, 0.1) is 29.5 Å². The van der Waals surface area contributed by atoms with Gasteiger partial charge < -0.3 is 48.9 Å². The second-order valence-electron chi connectivity index (χ2n) is 26.6. The molecule has 16 nitrogen and oxygen atoms in total. The number of likely N-dealkylation sites (tertiary alicyclic amines) is 2. The van der Waals surface area contributed by atoms with Crippen LogP contribution in [0.25, 0.3) is 11.1 Å². The van der Waals surface area contributed by atoms with Gasteiger partial charge in [0.1, 0.15) is 30.9 Å². The van der Waals surface area contributed by atoms with Gasteiger partial charge in [-0.05, 0) is 152 Å². The van der Waals surface area contributed by atoms with Crippen LogP contribution >= 0.6 is 0 Å². The van der Waals surface area contributed by atoms with Crippen molar-refractivity contribution < 1.29 is 68.9 Å². The third-order valence-electron chi connectivity index (χ3n) is 20.0. The van der Waals surface area contributed by atoms with Gasteiger partial charge in [-0.1, -0.05) is 109 Å². The van der Waals surface area contributed by atoms with E-state index in [9.17, 15) is 54.7 Å². The molecule has 7 aromatic carbocycles. The zero-order valence-corrected chi connectivity index (χ0v) is 56.3. The lowest BCUT2D eigenvalue weighted by Gasteiger charge is -2.44. The maximum atomic E-state index is 14.3. The molecule has 1 aliphatic carbocycles. The van der Waals surface area contributed by atoms with Gasteiger partial charge in [0.2, 0.25) is 5.91 Å². The Morgan fingerprint density at radius 3 is 1.82 bits per heavy atom. The van der Waals surface area contributed by atoms with Gasteiger partial charge in [0.25, 0.3) is 17.7 Å². The fourth-order valence-corrected chi connectivity index (χ4v) is 14.1. The number of amides is 5. The highest BCUT2D eigenvalue weighted by Crippen LogP contribution is 2.49. The molecule has 528 valence electrons. The molecule has 0 saturated carbocycles. The van der Waals surface area contributed by atoms with Crippen LogP contribution in [0, 0.1) is 5.82 Å². The van der Waals surface area contributed by atoms with E-state index in [1.807, 2.05) is 110 Å². The third-order valence-corrected chi connectivity index (χ3v) is 20.0. The van der Waals surface area contributed by atoms with E-state index in [1.165, 1.54) is 24.3 Å². The smallest absolute Gasteiger partial charge is 0.416 e. The quantitative estimate of drug-likeness (QED) is 0.0555. The molecule has 0 unspecified atom stereocenters. The van der Waals surface area contributed by atoms with Gasteiger partial charge in [-0.3, -0.25) is 24.5 Å². The van der Waals surface area contributed by atoms with Crippen LogP contribution in [-0.2, 0) is 61.9 Å². The Kier molecular flexibility index (Phi) is 22.9. The van der Waals surface area contributed by atoms with Gasteiger partial charge in [-0.25, -0.2) is 9.18 Å². The molecule has 0 aromatic heterocycles. The molecule has 5 amide bonds. The van der Waals surface area contributed by atoms with Crippen molar-refractivity contribution in [1.82, 2.24) is 34.7 Å². The summed E-state index contributed by atoms with van der Waals surface area (Å²) in [5.41, 5.74) is 2.87.